The van der Waals surface area contributed by atoms with Gasteiger partial charge in [0.2, 0.25) is 5.91 Å². The van der Waals surface area contributed by atoms with E-state index >= 15 is 0 Å². The fourth-order valence-corrected chi connectivity index (χ4v) is 4.29. The van der Waals surface area contributed by atoms with E-state index in [1.807, 2.05) is 18.2 Å². The largest absolute Gasteiger partial charge is 0.488 e. The van der Waals surface area contributed by atoms with E-state index in [0.717, 1.165) is 44.6 Å². The fourth-order valence-electron chi connectivity index (χ4n) is 4.29. The summed E-state index contributed by atoms with van der Waals surface area (Å²) in [7, 11) is 3.51. The minimum Gasteiger partial charge on any atom is -0.488 e. The summed E-state index contributed by atoms with van der Waals surface area (Å²) in [6, 6.07) is 19.1. The number of likely N-dealkylation sites (N-methyl/N-ethyl adjacent to an activating group) is 1. The number of carbonyl (C=O) groups excluding carboxylic acids is 1. The number of carbonyl (C=O) groups is 1. The van der Waals surface area contributed by atoms with Crippen LogP contribution in [0, 0.1) is 0 Å². The zero-order chi connectivity index (χ0) is 23.0. The van der Waals surface area contributed by atoms with Crippen molar-refractivity contribution in [3.63, 3.8) is 0 Å². The number of nitrogens with zero attached hydrogens (tertiary/aromatic N) is 3. The van der Waals surface area contributed by atoms with E-state index in [1.165, 1.54) is 11.1 Å². The fraction of sp³-hybridized carbons (Fsp3) is 0.462. The van der Waals surface area contributed by atoms with Crippen molar-refractivity contribution in [1.29, 1.82) is 0 Å². The van der Waals surface area contributed by atoms with Crippen molar-refractivity contribution in [2.75, 3.05) is 40.3 Å². The number of ether oxygens (including phenoxy) is 1. The first kappa shape index (κ1) is 26.3. The summed E-state index contributed by atoms with van der Waals surface area (Å²) in [5.74, 6) is 1.63. The number of para-hydroxylation sites is 1. The van der Waals surface area contributed by atoms with Crippen molar-refractivity contribution in [2.45, 2.75) is 38.0 Å². The van der Waals surface area contributed by atoms with Crippen molar-refractivity contribution in [2.24, 2.45) is 4.99 Å². The number of piperidine rings is 1. The molecule has 8 heteroatoms. The quantitative estimate of drug-likeness (QED) is 0.301. The van der Waals surface area contributed by atoms with Gasteiger partial charge in [0.15, 0.2) is 5.96 Å². The van der Waals surface area contributed by atoms with Gasteiger partial charge in [-0.05, 0) is 30.0 Å². The highest BCUT2D eigenvalue weighted by Crippen LogP contribution is 2.27. The lowest BCUT2D eigenvalue weighted by atomic mass is 10.0. The second kappa shape index (κ2) is 12.9. The maximum Gasteiger partial charge on any atom is 0.243 e. The van der Waals surface area contributed by atoms with Crippen molar-refractivity contribution < 1.29 is 9.53 Å². The predicted octanol–water partition coefficient (Wildman–Crippen LogP) is 2.90. The van der Waals surface area contributed by atoms with Crippen LogP contribution < -0.4 is 15.4 Å². The number of guanidine groups is 1. The van der Waals surface area contributed by atoms with Gasteiger partial charge in [-0.25, -0.2) is 4.99 Å². The number of likely N-dealkylation sites (tertiary alicyclic amines) is 1. The zero-order valence-electron chi connectivity index (χ0n) is 20.1. The molecule has 2 N–H and O–H groups in total. The molecule has 184 valence electrons. The molecular formula is C26H36IN5O2. The number of aliphatic imine (C=N–C) groups is 1. The number of benzene rings is 2. The highest BCUT2D eigenvalue weighted by atomic mass is 127. The smallest absolute Gasteiger partial charge is 0.243 e. The molecule has 0 aliphatic carbocycles. The number of hydrogen-bond acceptors (Lipinski definition) is 4. The Bertz CT molecular complexity index is 920. The Balaban J connectivity index is 0.00000324. The third kappa shape index (κ3) is 7.59. The van der Waals surface area contributed by atoms with Crippen LogP contribution in [0.15, 0.2) is 59.6 Å². The molecule has 2 aromatic carbocycles. The van der Waals surface area contributed by atoms with Crippen molar-refractivity contribution in [3.05, 3.63) is 65.7 Å². The monoisotopic (exact) mass is 577 g/mol. The van der Waals surface area contributed by atoms with Crippen LogP contribution in [-0.4, -0.2) is 74.1 Å². The van der Waals surface area contributed by atoms with Gasteiger partial charge in [-0.3, -0.25) is 9.69 Å². The molecule has 1 amide bonds. The molecule has 0 saturated carbocycles. The molecule has 0 bridgehead atoms. The molecule has 2 heterocycles. The van der Waals surface area contributed by atoms with Gasteiger partial charge in [0.25, 0.3) is 0 Å². The van der Waals surface area contributed by atoms with E-state index in [-0.39, 0.29) is 42.5 Å². The van der Waals surface area contributed by atoms with Gasteiger partial charge < -0.3 is 20.3 Å². The number of nitrogens with one attached hydrogen (secondary N) is 2. The van der Waals surface area contributed by atoms with Crippen LogP contribution in [0.1, 0.15) is 24.0 Å². The highest BCUT2D eigenvalue weighted by Gasteiger charge is 2.24. The van der Waals surface area contributed by atoms with Gasteiger partial charge in [-0.1, -0.05) is 48.5 Å². The molecule has 0 aromatic heterocycles. The summed E-state index contributed by atoms with van der Waals surface area (Å²) in [4.78, 5) is 20.7. The van der Waals surface area contributed by atoms with Crippen LogP contribution in [0.5, 0.6) is 5.75 Å². The second-order valence-corrected chi connectivity index (χ2v) is 9.07. The highest BCUT2D eigenvalue weighted by molar-refractivity contribution is 14.0. The lowest BCUT2D eigenvalue weighted by molar-refractivity contribution is -0.127. The molecule has 34 heavy (non-hydrogen) atoms. The summed E-state index contributed by atoms with van der Waals surface area (Å²) in [5.41, 5.74) is 2.59. The van der Waals surface area contributed by atoms with Crippen LogP contribution in [-0.2, 0) is 17.8 Å². The Labute approximate surface area is 220 Å². The molecule has 4 rings (SSSR count). The van der Waals surface area contributed by atoms with E-state index in [1.54, 1.807) is 19.0 Å². The molecule has 2 aliphatic heterocycles. The first-order chi connectivity index (χ1) is 16.1. The zero-order valence-corrected chi connectivity index (χ0v) is 22.4. The molecule has 0 spiro atoms. The number of amides is 1. The molecule has 1 unspecified atom stereocenters. The van der Waals surface area contributed by atoms with E-state index in [4.69, 9.17) is 4.74 Å². The minimum atomic E-state index is -0.0155. The summed E-state index contributed by atoms with van der Waals surface area (Å²) in [6.45, 7) is 3.84. The normalized spacial score (nSPS) is 18.4. The predicted molar refractivity (Wildman–Crippen MR) is 147 cm³/mol. The maximum atomic E-state index is 12.1. The van der Waals surface area contributed by atoms with Gasteiger partial charge in [0, 0.05) is 46.2 Å². The Morgan fingerprint density at radius 1 is 1.09 bits per heavy atom. The lowest BCUT2D eigenvalue weighted by Crippen LogP contribution is -2.50. The molecule has 1 fully saturated rings. The van der Waals surface area contributed by atoms with Crippen LogP contribution in [0.2, 0.25) is 0 Å². The van der Waals surface area contributed by atoms with Crippen molar-refractivity contribution in [3.8, 4) is 5.75 Å². The topological polar surface area (TPSA) is 69.2 Å². The molecular weight excluding hydrogens is 541 g/mol. The van der Waals surface area contributed by atoms with Crippen LogP contribution in [0.3, 0.4) is 0 Å². The van der Waals surface area contributed by atoms with Crippen LogP contribution in [0.4, 0.5) is 0 Å². The van der Waals surface area contributed by atoms with E-state index < -0.39 is 0 Å². The summed E-state index contributed by atoms with van der Waals surface area (Å²) < 4.78 is 6.05. The number of hydrogen-bond donors (Lipinski definition) is 2. The van der Waals surface area contributed by atoms with Gasteiger partial charge >= 0.3 is 0 Å². The molecule has 0 radical (unpaired) electrons. The Morgan fingerprint density at radius 2 is 1.79 bits per heavy atom. The SMILES string of the molecule is CN(C)C(=O)CN=C(NCC1Cc2ccccc2O1)NC1CCN(Cc2ccccc2)CC1.I. The van der Waals surface area contributed by atoms with Gasteiger partial charge in [-0.15, -0.1) is 24.0 Å². The average molecular weight is 578 g/mol. The summed E-state index contributed by atoms with van der Waals surface area (Å²) in [6.07, 6.45) is 3.03. The third-order valence-corrected chi connectivity index (χ3v) is 6.26. The minimum absolute atomic E-state index is 0. The van der Waals surface area contributed by atoms with Gasteiger partial charge in [0.1, 0.15) is 18.4 Å². The summed E-state index contributed by atoms with van der Waals surface area (Å²) in [5, 5.41) is 6.98. The van der Waals surface area contributed by atoms with Crippen LogP contribution >= 0.6 is 24.0 Å². The maximum absolute atomic E-state index is 12.1. The Hall–Kier alpha value is -2.33. The first-order valence-corrected chi connectivity index (χ1v) is 11.8. The van der Waals surface area contributed by atoms with E-state index in [0.29, 0.717) is 18.5 Å². The lowest BCUT2D eigenvalue weighted by Gasteiger charge is -2.33. The molecule has 1 saturated heterocycles. The summed E-state index contributed by atoms with van der Waals surface area (Å²) >= 11 is 0. The van der Waals surface area contributed by atoms with Crippen molar-refractivity contribution >= 4 is 35.8 Å². The standard InChI is InChI=1S/C26H35N5O2.HI/c1-30(2)25(32)18-28-26(27-17-23-16-21-10-6-7-11-24(21)33-23)29-22-12-14-31(15-13-22)19-20-8-4-3-5-9-20;/h3-11,22-23H,12-19H2,1-2H3,(H2,27,28,29);1H. The molecule has 2 aromatic rings. The van der Waals surface area contributed by atoms with E-state index in [9.17, 15) is 4.79 Å². The second-order valence-electron chi connectivity index (χ2n) is 9.07. The molecule has 1 atom stereocenters. The van der Waals surface area contributed by atoms with Gasteiger partial charge in [-0.2, -0.15) is 0 Å². The number of halogens is 1. The number of rotatable bonds is 7. The Morgan fingerprint density at radius 3 is 2.50 bits per heavy atom. The third-order valence-electron chi connectivity index (χ3n) is 6.26. The Kier molecular flexibility index (Phi) is 10.0. The molecule has 2 aliphatic rings. The van der Waals surface area contributed by atoms with Gasteiger partial charge in [0.05, 0.1) is 6.54 Å². The van der Waals surface area contributed by atoms with Crippen molar-refractivity contribution in [1.82, 2.24) is 20.4 Å². The van der Waals surface area contributed by atoms with Crippen LogP contribution in [0.25, 0.3) is 0 Å². The number of fused-ring (bicyclic) bond motifs is 1. The molecule has 7 nitrogen and oxygen atoms in total. The average Bonchev–Trinajstić information content (AvgIpc) is 3.25. The van der Waals surface area contributed by atoms with E-state index in [2.05, 4.69) is 56.9 Å². The first-order valence-electron chi connectivity index (χ1n) is 11.8.